The number of ether oxygens (including phenoxy) is 1. The van der Waals surface area contributed by atoms with Crippen molar-refractivity contribution in [2.45, 2.75) is 13.8 Å². The Bertz CT molecular complexity index is 287. The number of nitrogens with one attached hydrogen (secondary N) is 1. The summed E-state index contributed by atoms with van der Waals surface area (Å²) in [5, 5.41) is 11.7. The van der Waals surface area contributed by atoms with Gasteiger partial charge in [-0.05, 0) is 37.6 Å². The molecular formula is C11H17NO2. The van der Waals surface area contributed by atoms with E-state index in [0.717, 1.165) is 17.0 Å². The van der Waals surface area contributed by atoms with Gasteiger partial charge < -0.3 is 15.2 Å². The van der Waals surface area contributed by atoms with Crippen LogP contribution in [0.25, 0.3) is 0 Å². The van der Waals surface area contributed by atoms with E-state index in [1.54, 1.807) is 0 Å². The second-order valence-corrected chi connectivity index (χ2v) is 3.06. The third-order valence-electron chi connectivity index (χ3n) is 1.92. The van der Waals surface area contributed by atoms with Gasteiger partial charge in [-0.2, -0.15) is 0 Å². The zero-order chi connectivity index (χ0) is 10.4. The monoisotopic (exact) mass is 195 g/mol. The van der Waals surface area contributed by atoms with Crippen LogP contribution in [0.3, 0.4) is 0 Å². The summed E-state index contributed by atoms with van der Waals surface area (Å²) in [6.07, 6.45) is 0. The van der Waals surface area contributed by atoms with Crippen molar-refractivity contribution < 1.29 is 9.84 Å². The van der Waals surface area contributed by atoms with Gasteiger partial charge in [-0.25, -0.2) is 0 Å². The van der Waals surface area contributed by atoms with Crippen LogP contribution < -0.4 is 10.1 Å². The number of benzene rings is 1. The smallest absolute Gasteiger partial charge is 0.122 e. The summed E-state index contributed by atoms with van der Waals surface area (Å²) < 4.78 is 5.42. The average molecular weight is 195 g/mol. The molecule has 0 saturated heterocycles. The predicted molar refractivity (Wildman–Crippen MR) is 57.9 cm³/mol. The zero-order valence-corrected chi connectivity index (χ0v) is 8.71. The Morgan fingerprint density at radius 3 is 2.79 bits per heavy atom. The molecule has 0 aliphatic carbocycles. The highest BCUT2D eigenvalue weighted by Gasteiger charge is 1.99. The molecule has 78 valence electrons. The first-order valence-corrected chi connectivity index (χ1v) is 4.86. The van der Waals surface area contributed by atoms with Gasteiger partial charge >= 0.3 is 0 Å². The Labute approximate surface area is 84.7 Å². The molecule has 0 radical (unpaired) electrons. The van der Waals surface area contributed by atoms with E-state index >= 15 is 0 Å². The lowest BCUT2D eigenvalue weighted by atomic mass is 10.2. The Balaban J connectivity index is 2.68. The van der Waals surface area contributed by atoms with Crippen LogP contribution in [0.2, 0.25) is 0 Å². The first-order valence-electron chi connectivity index (χ1n) is 4.86. The highest BCUT2D eigenvalue weighted by molar-refractivity contribution is 5.50. The summed E-state index contributed by atoms with van der Waals surface area (Å²) in [6.45, 7) is 5.39. The van der Waals surface area contributed by atoms with Gasteiger partial charge in [0.25, 0.3) is 0 Å². The van der Waals surface area contributed by atoms with E-state index in [2.05, 4.69) is 5.32 Å². The second-order valence-electron chi connectivity index (χ2n) is 3.06. The lowest BCUT2D eigenvalue weighted by Crippen LogP contribution is -2.05. The third-order valence-corrected chi connectivity index (χ3v) is 1.92. The number of anilines is 1. The van der Waals surface area contributed by atoms with Crippen molar-refractivity contribution in [1.29, 1.82) is 0 Å². The molecule has 0 aliphatic rings. The maximum absolute atomic E-state index is 8.65. The van der Waals surface area contributed by atoms with Gasteiger partial charge in [0.2, 0.25) is 0 Å². The summed E-state index contributed by atoms with van der Waals surface area (Å²) in [5.74, 6) is 0.919. The molecule has 0 bridgehead atoms. The van der Waals surface area contributed by atoms with E-state index in [9.17, 15) is 0 Å². The van der Waals surface area contributed by atoms with Crippen molar-refractivity contribution in [3.63, 3.8) is 0 Å². The van der Waals surface area contributed by atoms with Gasteiger partial charge in [0, 0.05) is 12.2 Å². The van der Waals surface area contributed by atoms with Crippen LogP contribution in [-0.4, -0.2) is 24.9 Å². The molecule has 0 amide bonds. The molecule has 0 aliphatic heterocycles. The summed E-state index contributed by atoms with van der Waals surface area (Å²) in [5.41, 5.74) is 2.12. The van der Waals surface area contributed by atoms with Crippen molar-refractivity contribution in [2.75, 3.05) is 25.1 Å². The summed E-state index contributed by atoms with van der Waals surface area (Å²) >= 11 is 0. The largest absolute Gasteiger partial charge is 0.494 e. The minimum Gasteiger partial charge on any atom is -0.494 e. The quantitative estimate of drug-likeness (QED) is 0.752. The standard InChI is InChI=1S/C11H17NO2/c1-3-14-11-5-4-10(8-9(11)2)12-6-7-13/h4-5,8,12-13H,3,6-7H2,1-2H3. The number of hydrogen-bond acceptors (Lipinski definition) is 3. The van der Waals surface area contributed by atoms with E-state index in [-0.39, 0.29) is 6.61 Å². The number of rotatable bonds is 5. The van der Waals surface area contributed by atoms with Gasteiger partial charge in [-0.3, -0.25) is 0 Å². The average Bonchev–Trinajstić information content (AvgIpc) is 2.19. The third kappa shape index (κ3) is 2.92. The topological polar surface area (TPSA) is 41.5 Å². The molecule has 0 fully saturated rings. The molecular weight excluding hydrogens is 178 g/mol. The van der Waals surface area contributed by atoms with Crippen LogP contribution in [0.15, 0.2) is 18.2 Å². The van der Waals surface area contributed by atoms with E-state index in [0.29, 0.717) is 13.2 Å². The molecule has 0 atom stereocenters. The van der Waals surface area contributed by atoms with Crippen molar-refractivity contribution in [2.24, 2.45) is 0 Å². The second kappa shape index (κ2) is 5.50. The highest BCUT2D eigenvalue weighted by atomic mass is 16.5. The SMILES string of the molecule is CCOc1ccc(NCCO)cc1C. The lowest BCUT2D eigenvalue weighted by molar-refractivity contribution is 0.311. The van der Waals surface area contributed by atoms with E-state index in [1.165, 1.54) is 0 Å². The molecule has 0 spiro atoms. The van der Waals surface area contributed by atoms with E-state index in [1.807, 2.05) is 32.0 Å². The molecule has 3 nitrogen and oxygen atoms in total. The molecule has 1 aromatic rings. The number of hydrogen-bond donors (Lipinski definition) is 2. The van der Waals surface area contributed by atoms with Crippen LogP contribution in [-0.2, 0) is 0 Å². The van der Waals surface area contributed by atoms with Crippen molar-refractivity contribution in [1.82, 2.24) is 0 Å². The molecule has 14 heavy (non-hydrogen) atoms. The summed E-state index contributed by atoms with van der Waals surface area (Å²) in [4.78, 5) is 0. The highest BCUT2D eigenvalue weighted by Crippen LogP contribution is 2.21. The fourth-order valence-corrected chi connectivity index (χ4v) is 1.28. The Morgan fingerprint density at radius 1 is 1.43 bits per heavy atom. The maximum atomic E-state index is 8.65. The molecule has 0 saturated carbocycles. The molecule has 0 unspecified atom stereocenters. The zero-order valence-electron chi connectivity index (χ0n) is 8.71. The Kier molecular flexibility index (Phi) is 4.26. The van der Waals surface area contributed by atoms with Crippen LogP contribution in [0, 0.1) is 6.92 Å². The van der Waals surface area contributed by atoms with Crippen molar-refractivity contribution in [3.8, 4) is 5.75 Å². The van der Waals surface area contributed by atoms with Gasteiger partial charge in [0.05, 0.1) is 13.2 Å². The van der Waals surface area contributed by atoms with Crippen LogP contribution >= 0.6 is 0 Å². The van der Waals surface area contributed by atoms with Gasteiger partial charge in [0.1, 0.15) is 5.75 Å². The molecule has 0 heterocycles. The van der Waals surface area contributed by atoms with Gasteiger partial charge in [0.15, 0.2) is 0 Å². The van der Waals surface area contributed by atoms with E-state index in [4.69, 9.17) is 9.84 Å². The molecule has 3 heteroatoms. The maximum Gasteiger partial charge on any atom is 0.122 e. The molecule has 0 aromatic heterocycles. The minimum absolute atomic E-state index is 0.145. The fraction of sp³-hybridized carbons (Fsp3) is 0.455. The molecule has 1 rings (SSSR count). The Hall–Kier alpha value is -1.22. The molecule has 1 aromatic carbocycles. The van der Waals surface area contributed by atoms with Gasteiger partial charge in [-0.1, -0.05) is 0 Å². The number of aliphatic hydroxyl groups is 1. The first-order chi connectivity index (χ1) is 6.77. The number of aryl methyl sites for hydroxylation is 1. The first kappa shape index (κ1) is 10.9. The van der Waals surface area contributed by atoms with Crippen LogP contribution in [0.1, 0.15) is 12.5 Å². The van der Waals surface area contributed by atoms with Crippen LogP contribution in [0.5, 0.6) is 5.75 Å². The van der Waals surface area contributed by atoms with Crippen LogP contribution in [0.4, 0.5) is 5.69 Å². The van der Waals surface area contributed by atoms with Gasteiger partial charge in [-0.15, -0.1) is 0 Å². The predicted octanol–water partition coefficient (Wildman–Crippen LogP) is 1.80. The summed E-state index contributed by atoms with van der Waals surface area (Å²) in [6, 6.07) is 5.91. The van der Waals surface area contributed by atoms with Crippen molar-refractivity contribution in [3.05, 3.63) is 23.8 Å². The lowest BCUT2D eigenvalue weighted by Gasteiger charge is -2.09. The summed E-state index contributed by atoms with van der Waals surface area (Å²) in [7, 11) is 0. The number of aliphatic hydroxyl groups excluding tert-OH is 1. The Morgan fingerprint density at radius 2 is 2.21 bits per heavy atom. The molecule has 2 N–H and O–H groups in total. The van der Waals surface area contributed by atoms with E-state index < -0.39 is 0 Å². The minimum atomic E-state index is 0.145. The van der Waals surface area contributed by atoms with Crippen molar-refractivity contribution >= 4 is 5.69 Å². The normalized spacial score (nSPS) is 9.93. The fourth-order valence-electron chi connectivity index (χ4n) is 1.28.